The van der Waals surface area contributed by atoms with Gasteiger partial charge in [0.25, 0.3) is 0 Å². The van der Waals surface area contributed by atoms with Gasteiger partial charge in [0, 0.05) is 12.6 Å². The van der Waals surface area contributed by atoms with Crippen molar-refractivity contribution in [3.8, 4) is 5.75 Å². The van der Waals surface area contributed by atoms with Crippen LogP contribution >= 0.6 is 0 Å². The van der Waals surface area contributed by atoms with Gasteiger partial charge in [0.2, 0.25) is 0 Å². The van der Waals surface area contributed by atoms with E-state index < -0.39 is 0 Å². The van der Waals surface area contributed by atoms with Crippen molar-refractivity contribution in [2.24, 2.45) is 5.73 Å². The third kappa shape index (κ3) is 5.17. The number of ether oxygens (including phenoxy) is 2. The Kier molecular flexibility index (Phi) is 5.82. The Morgan fingerprint density at radius 2 is 2.06 bits per heavy atom. The van der Waals surface area contributed by atoms with Crippen LogP contribution in [-0.2, 0) is 9.53 Å². The van der Waals surface area contributed by atoms with Crippen LogP contribution in [0.3, 0.4) is 0 Å². The molecule has 0 spiro atoms. The van der Waals surface area contributed by atoms with Crippen LogP contribution in [-0.4, -0.2) is 25.7 Å². The molecule has 0 aliphatic rings. The van der Waals surface area contributed by atoms with Crippen molar-refractivity contribution in [1.82, 2.24) is 0 Å². The fourth-order valence-corrected chi connectivity index (χ4v) is 1.21. The highest BCUT2D eigenvalue weighted by Crippen LogP contribution is 2.12. The number of hydrogen-bond acceptors (Lipinski definition) is 4. The highest BCUT2D eigenvalue weighted by Gasteiger charge is 1.96. The SMILES string of the molecule is CCOc1ccc(/C=C/C(=O)OCCN)cc1. The van der Waals surface area contributed by atoms with Gasteiger partial charge in [-0.25, -0.2) is 4.79 Å². The van der Waals surface area contributed by atoms with Crippen molar-refractivity contribution < 1.29 is 14.3 Å². The lowest BCUT2D eigenvalue weighted by molar-refractivity contribution is -0.137. The Morgan fingerprint density at radius 1 is 1.35 bits per heavy atom. The quantitative estimate of drug-likeness (QED) is 0.601. The van der Waals surface area contributed by atoms with Crippen LogP contribution in [0.4, 0.5) is 0 Å². The van der Waals surface area contributed by atoms with Gasteiger partial charge in [-0.3, -0.25) is 0 Å². The molecule has 1 aromatic carbocycles. The van der Waals surface area contributed by atoms with E-state index in [1.165, 1.54) is 6.08 Å². The van der Waals surface area contributed by atoms with Crippen LogP contribution in [0.25, 0.3) is 6.08 Å². The van der Waals surface area contributed by atoms with Crippen LogP contribution in [0.15, 0.2) is 30.3 Å². The highest BCUT2D eigenvalue weighted by molar-refractivity contribution is 5.87. The molecule has 2 N–H and O–H groups in total. The molecule has 0 aromatic heterocycles. The number of carbonyl (C=O) groups excluding carboxylic acids is 1. The molecule has 4 nitrogen and oxygen atoms in total. The minimum atomic E-state index is -0.385. The predicted octanol–water partition coefficient (Wildman–Crippen LogP) is 1.60. The minimum absolute atomic E-state index is 0.243. The molecule has 0 atom stereocenters. The third-order valence-corrected chi connectivity index (χ3v) is 1.97. The Balaban J connectivity index is 2.50. The van der Waals surface area contributed by atoms with Gasteiger partial charge in [0.05, 0.1) is 6.61 Å². The summed E-state index contributed by atoms with van der Waals surface area (Å²) in [6.45, 7) is 3.15. The molecule has 0 aliphatic carbocycles. The molecule has 4 heteroatoms. The van der Waals surface area contributed by atoms with Gasteiger partial charge in [-0.1, -0.05) is 12.1 Å². The molecule has 0 unspecified atom stereocenters. The smallest absolute Gasteiger partial charge is 0.330 e. The zero-order chi connectivity index (χ0) is 12.5. The molecule has 0 saturated carbocycles. The molecular formula is C13H17NO3. The first kappa shape index (κ1) is 13.3. The summed E-state index contributed by atoms with van der Waals surface area (Å²) in [6, 6.07) is 7.46. The van der Waals surface area contributed by atoms with E-state index in [1.54, 1.807) is 6.08 Å². The summed E-state index contributed by atoms with van der Waals surface area (Å²) < 4.78 is 10.1. The average Bonchev–Trinajstić information content (AvgIpc) is 2.36. The summed E-state index contributed by atoms with van der Waals surface area (Å²) in [7, 11) is 0. The Hall–Kier alpha value is -1.81. The van der Waals surface area contributed by atoms with E-state index >= 15 is 0 Å². The Labute approximate surface area is 101 Å². The van der Waals surface area contributed by atoms with Crippen LogP contribution < -0.4 is 10.5 Å². The summed E-state index contributed by atoms with van der Waals surface area (Å²) in [5.74, 6) is 0.430. The molecule has 0 heterocycles. The predicted molar refractivity (Wildman–Crippen MR) is 66.7 cm³/mol. The maximum Gasteiger partial charge on any atom is 0.330 e. The summed E-state index contributed by atoms with van der Waals surface area (Å²) in [5, 5.41) is 0. The second-order valence-corrected chi connectivity index (χ2v) is 3.29. The number of benzene rings is 1. The molecule has 17 heavy (non-hydrogen) atoms. The van der Waals surface area contributed by atoms with Gasteiger partial charge in [0.15, 0.2) is 0 Å². The number of esters is 1. The van der Waals surface area contributed by atoms with Crippen molar-refractivity contribution in [2.45, 2.75) is 6.92 Å². The van der Waals surface area contributed by atoms with Crippen LogP contribution in [0.1, 0.15) is 12.5 Å². The van der Waals surface area contributed by atoms with E-state index in [4.69, 9.17) is 15.2 Å². The minimum Gasteiger partial charge on any atom is -0.494 e. The molecule has 0 fully saturated rings. The topological polar surface area (TPSA) is 61.5 Å². The molecule has 1 aromatic rings. The normalized spacial score (nSPS) is 10.5. The number of hydrogen-bond donors (Lipinski definition) is 1. The lowest BCUT2D eigenvalue weighted by atomic mass is 10.2. The van der Waals surface area contributed by atoms with Crippen LogP contribution in [0.2, 0.25) is 0 Å². The third-order valence-electron chi connectivity index (χ3n) is 1.97. The first-order chi connectivity index (χ1) is 8.26. The molecule has 0 amide bonds. The van der Waals surface area contributed by atoms with Crippen LogP contribution in [0.5, 0.6) is 5.75 Å². The van der Waals surface area contributed by atoms with Crippen molar-refractivity contribution in [3.63, 3.8) is 0 Å². The van der Waals surface area contributed by atoms with Gasteiger partial charge in [-0.05, 0) is 30.7 Å². The first-order valence-corrected chi connectivity index (χ1v) is 5.54. The summed E-state index contributed by atoms with van der Waals surface area (Å²) in [5.41, 5.74) is 6.13. The van der Waals surface area contributed by atoms with Crippen molar-refractivity contribution in [1.29, 1.82) is 0 Å². The lowest BCUT2D eigenvalue weighted by Gasteiger charge is -2.02. The second kappa shape index (κ2) is 7.46. The molecule has 0 bridgehead atoms. The van der Waals surface area contributed by atoms with Gasteiger partial charge in [-0.2, -0.15) is 0 Å². The molecular weight excluding hydrogens is 218 g/mol. The van der Waals surface area contributed by atoms with E-state index in [9.17, 15) is 4.79 Å². The van der Waals surface area contributed by atoms with Gasteiger partial charge in [0.1, 0.15) is 12.4 Å². The zero-order valence-corrected chi connectivity index (χ0v) is 9.89. The Morgan fingerprint density at radius 3 is 2.65 bits per heavy atom. The van der Waals surface area contributed by atoms with E-state index in [2.05, 4.69) is 0 Å². The summed E-state index contributed by atoms with van der Waals surface area (Å²) in [6.07, 6.45) is 3.07. The highest BCUT2D eigenvalue weighted by atomic mass is 16.5. The fraction of sp³-hybridized carbons (Fsp3) is 0.308. The average molecular weight is 235 g/mol. The monoisotopic (exact) mass is 235 g/mol. The fourth-order valence-electron chi connectivity index (χ4n) is 1.21. The number of rotatable bonds is 6. The molecule has 0 saturated heterocycles. The van der Waals surface area contributed by atoms with Gasteiger partial charge >= 0.3 is 5.97 Å². The van der Waals surface area contributed by atoms with Crippen molar-refractivity contribution in [3.05, 3.63) is 35.9 Å². The van der Waals surface area contributed by atoms with Gasteiger partial charge < -0.3 is 15.2 Å². The summed E-state index contributed by atoms with van der Waals surface area (Å²) in [4.78, 5) is 11.2. The Bertz CT molecular complexity index is 371. The van der Waals surface area contributed by atoms with E-state index in [0.717, 1.165) is 11.3 Å². The van der Waals surface area contributed by atoms with Crippen LogP contribution in [0, 0.1) is 0 Å². The maximum atomic E-state index is 11.2. The molecule has 1 rings (SSSR count). The van der Waals surface area contributed by atoms with E-state index in [0.29, 0.717) is 13.2 Å². The zero-order valence-electron chi connectivity index (χ0n) is 9.89. The lowest BCUT2D eigenvalue weighted by Crippen LogP contribution is -2.11. The molecule has 0 aliphatic heterocycles. The molecule has 92 valence electrons. The largest absolute Gasteiger partial charge is 0.494 e. The molecule has 0 radical (unpaired) electrons. The van der Waals surface area contributed by atoms with Gasteiger partial charge in [-0.15, -0.1) is 0 Å². The van der Waals surface area contributed by atoms with Crippen molar-refractivity contribution in [2.75, 3.05) is 19.8 Å². The van der Waals surface area contributed by atoms with E-state index in [-0.39, 0.29) is 12.6 Å². The second-order valence-electron chi connectivity index (χ2n) is 3.29. The standard InChI is InChI=1S/C13H17NO3/c1-2-16-12-6-3-11(4-7-12)5-8-13(15)17-10-9-14/h3-8H,2,9-10,14H2,1H3/b8-5+. The number of carbonyl (C=O) groups is 1. The van der Waals surface area contributed by atoms with Crippen molar-refractivity contribution >= 4 is 12.0 Å². The first-order valence-electron chi connectivity index (χ1n) is 5.54. The maximum absolute atomic E-state index is 11.2. The van der Waals surface area contributed by atoms with E-state index in [1.807, 2.05) is 31.2 Å². The summed E-state index contributed by atoms with van der Waals surface area (Å²) >= 11 is 0. The number of nitrogens with two attached hydrogens (primary N) is 1.